The molecule has 3 fully saturated rings. The Bertz CT molecular complexity index is 1140. The summed E-state index contributed by atoms with van der Waals surface area (Å²) in [4.78, 5) is 36.0. The van der Waals surface area contributed by atoms with E-state index in [0.717, 1.165) is 54.8 Å². The van der Waals surface area contributed by atoms with E-state index in [4.69, 9.17) is 10.2 Å². The highest BCUT2D eigenvalue weighted by molar-refractivity contribution is 7.14. The van der Waals surface area contributed by atoms with Crippen LogP contribution in [0.15, 0.2) is 29.6 Å². The van der Waals surface area contributed by atoms with Crippen molar-refractivity contribution in [1.82, 2.24) is 20.5 Å². The molecule has 202 valence electrons. The lowest BCUT2D eigenvalue weighted by Gasteiger charge is -2.40. The van der Waals surface area contributed by atoms with Gasteiger partial charge in [-0.2, -0.15) is 5.26 Å². The number of rotatable bonds is 7. The van der Waals surface area contributed by atoms with Gasteiger partial charge in [-0.3, -0.25) is 9.59 Å². The van der Waals surface area contributed by atoms with Crippen LogP contribution >= 0.6 is 11.3 Å². The molecule has 0 atom stereocenters. The van der Waals surface area contributed by atoms with Gasteiger partial charge in [0.05, 0.1) is 11.8 Å². The maximum atomic E-state index is 13.1. The molecular formula is C29H38N6O2S. The fraction of sp³-hybridized carbons (Fsp3) is 0.586. The molecule has 5 rings (SSSR count). The van der Waals surface area contributed by atoms with Crippen LogP contribution in [0.4, 0.5) is 5.13 Å². The summed E-state index contributed by atoms with van der Waals surface area (Å²) in [6.07, 6.45) is 10.4. The topological polar surface area (TPSA) is 101 Å². The van der Waals surface area contributed by atoms with Crippen LogP contribution in [0.3, 0.4) is 0 Å². The van der Waals surface area contributed by atoms with Gasteiger partial charge in [0.2, 0.25) is 5.91 Å². The fourth-order valence-corrected chi connectivity index (χ4v) is 7.07. The Labute approximate surface area is 229 Å². The van der Waals surface area contributed by atoms with E-state index >= 15 is 0 Å². The van der Waals surface area contributed by atoms with Crippen molar-refractivity contribution in [2.45, 2.75) is 75.8 Å². The minimum Gasteiger partial charge on any atom is -0.348 e. The van der Waals surface area contributed by atoms with E-state index in [2.05, 4.69) is 25.8 Å². The number of thiazole rings is 1. The van der Waals surface area contributed by atoms with Crippen LogP contribution in [-0.2, 0) is 4.79 Å². The number of piperidine rings is 2. The summed E-state index contributed by atoms with van der Waals surface area (Å²) in [5.41, 5.74) is 1.47. The Morgan fingerprint density at radius 3 is 2.37 bits per heavy atom. The van der Waals surface area contributed by atoms with Crippen LogP contribution in [0.5, 0.6) is 0 Å². The number of carbonyl (C=O) groups excluding carboxylic acids is 2. The molecule has 2 saturated heterocycles. The number of benzene rings is 1. The number of aromatic nitrogens is 1. The quantitative estimate of drug-likeness (QED) is 0.513. The van der Waals surface area contributed by atoms with Crippen molar-refractivity contribution < 1.29 is 9.59 Å². The van der Waals surface area contributed by atoms with Crippen LogP contribution in [0.25, 0.3) is 11.3 Å². The molecule has 1 aromatic carbocycles. The first kappa shape index (κ1) is 26.6. The summed E-state index contributed by atoms with van der Waals surface area (Å²) in [6, 6.07) is 10.1. The molecule has 0 unspecified atom stereocenters. The van der Waals surface area contributed by atoms with Crippen LogP contribution in [0.1, 0.15) is 74.6 Å². The highest BCUT2D eigenvalue weighted by atomic mass is 32.1. The van der Waals surface area contributed by atoms with Crippen molar-refractivity contribution in [2.24, 2.45) is 0 Å². The van der Waals surface area contributed by atoms with Crippen LogP contribution < -0.4 is 15.5 Å². The zero-order valence-electron chi connectivity index (χ0n) is 22.1. The number of anilines is 1. The average Bonchev–Trinajstić information content (AvgIpc) is 3.47. The number of likely N-dealkylation sites (tertiary alicyclic amines) is 1. The van der Waals surface area contributed by atoms with E-state index < -0.39 is 5.54 Å². The van der Waals surface area contributed by atoms with E-state index in [1.807, 2.05) is 18.2 Å². The highest BCUT2D eigenvalue weighted by Crippen LogP contribution is 2.32. The van der Waals surface area contributed by atoms with Crippen LogP contribution in [0.2, 0.25) is 0 Å². The van der Waals surface area contributed by atoms with Gasteiger partial charge < -0.3 is 20.4 Å². The summed E-state index contributed by atoms with van der Waals surface area (Å²) in [5, 5.41) is 17.7. The number of nitriles is 1. The van der Waals surface area contributed by atoms with Crippen molar-refractivity contribution in [3.63, 3.8) is 0 Å². The summed E-state index contributed by atoms with van der Waals surface area (Å²) < 4.78 is 0. The molecule has 0 bridgehead atoms. The van der Waals surface area contributed by atoms with Crippen molar-refractivity contribution in [1.29, 1.82) is 5.26 Å². The van der Waals surface area contributed by atoms with Gasteiger partial charge in [-0.1, -0.05) is 37.8 Å². The van der Waals surface area contributed by atoms with E-state index in [0.29, 0.717) is 18.4 Å². The van der Waals surface area contributed by atoms with Gasteiger partial charge in [0.15, 0.2) is 5.13 Å². The fourth-order valence-electron chi connectivity index (χ4n) is 6.18. The number of amides is 2. The molecule has 3 heterocycles. The monoisotopic (exact) mass is 534 g/mol. The minimum absolute atomic E-state index is 0.0583. The molecular weight excluding hydrogens is 496 g/mol. The van der Waals surface area contributed by atoms with Gasteiger partial charge in [-0.25, -0.2) is 4.98 Å². The predicted octanol–water partition coefficient (Wildman–Crippen LogP) is 4.34. The van der Waals surface area contributed by atoms with E-state index in [9.17, 15) is 9.59 Å². The molecule has 38 heavy (non-hydrogen) atoms. The zero-order valence-corrected chi connectivity index (χ0v) is 22.9. The summed E-state index contributed by atoms with van der Waals surface area (Å²) >= 11 is 1.69. The molecule has 8 nitrogen and oxygen atoms in total. The lowest BCUT2D eigenvalue weighted by Crippen LogP contribution is -2.59. The first-order valence-electron chi connectivity index (χ1n) is 14.1. The van der Waals surface area contributed by atoms with E-state index in [-0.39, 0.29) is 18.4 Å². The number of nitrogens with zero attached hydrogens (tertiary/aromatic N) is 4. The minimum atomic E-state index is -0.948. The Morgan fingerprint density at radius 2 is 1.68 bits per heavy atom. The van der Waals surface area contributed by atoms with Crippen molar-refractivity contribution in [3.05, 3.63) is 35.2 Å². The Hall–Kier alpha value is -2.96. The average molecular weight is 535 g/mol. The van der Waals surface area contributed by atoms with Gasteiger partial charge >= 0.3 is 0 Å². The van der Waals surface area contributed by atoms with E-state index in [1.165, 1.54) is 45.2 Å². The maximum Gasteiger partial charge on any atom is 0.252 e. The molecule has 0 radical (unpaired) electrons. The molecule has 1 aromatic heterocycles. The van der Waals surface area contributed by atoms with Gasteiger partial charge in [0.25, 0.3) is 5.91 Å². The molecule has 3 aliphatic rings. The second-order valence-electron chi connectivity index (χ2n) is 10.8. The Kier molecular flexibility index (Phi) is 8.60. The summed E-state index contributed by atoms with van der Waals surface area (Å²) in [6.45, 7) is 4.57. The molecule has 2 amide bonds. The SMILES string of the molecule is N#CCNC(=O)C1(NC(=O)c2ccc(-c3csc(N4CCC(N5CCCCC5)CC4)n3)cc2)CCCCC1. The molecule has 0 spiro atoms. The third-order valence-corrected chi connectivity index (χ3v) is 9.30. The first-order valence-corrected chi connectivity index (χ1v) is 15.0. The molecule has 2 aromatic rings. The highest BCUT2D eigenvalue weighted by Gasteiger charge is 2.40. The number of carbonyl (C=O) groups is 2. The lowest BCUT2D eigenvalue weighted by molar-refractivity contribution is -0.128. The second kappa shape index (κ2) is 12.3. The summed E-state index contributed by atoms with van der Waals surface area (Å²) in [5.74, 6) is -0.528. The lowest BCUT2D eigenvalue weighted by atomic mass is 9.80. The van der Waals surface area contributed by atoms with Gasteiger partial charge in [0, 0.05) is 35.6 Å². The van der Waals surface area contributed by atoms with Gasteiger partial charge in [0.1, 0.15) is 12.1 Å². The van der Waals surface area contributed by atoms with Crippen molar-refractivity contribution in [3.8, 4) is 17.3 Å². The molecule has 2 N–H and O–H groups in total. The molecule has 2 aliphatic heterocycles. The molecule has 1 aliphatic carbocycles. The van der Waals surface area contributed by atoms with Crippen molar-refractivity contribution in [2.75, 3.05) is 37.6 Å². The molecule has 1 saturated carbocycles. The number of hydrogen-bond acceptors (Lipinski definition) is 7. The number of nitrogens with one attached hydrogen (secondary N) is 2. The predicted molar refractivity (Wildman–Crippen MR) is 150 cm³/mol. The van der Waals surface area contributed by atoms with Crippen LogP contribution in [-0.4, -0.2) is 66.0 Å². The largest absolute Gasteiger partial charge is 0.348 e. The second-order valence-corrected chi connectivity index (χ2v) is 11.7. The van der Waals surface area contributed by atoms with Crippen molar-refractivity contribution >= 4 is 28.3 Å². The third kappa shape index (κ3) is 6.02. The zero-order chi connectivity index (χ0) is 26.4. The molecule has 9 heteroatoms. The van der Waals surface area contributed by atoms with E-state index in [1.54, 1.807) is 23.5 Å². The Morgan fingerprint density at radius 1 is 1.00 bits per heavy atom. The van der Waals surface area contributed by atoms with Crippen LogP contribution in [0, 0.1) is 11.3 Å². The number of hydrogen-bond donors (Lipinski definition) is 2. The normalized spacial score (nSPS) is 20.4. The summed E-state index contributed by atoms with van der Waals surface area (Å²) in [7, 11) is 0. The Balaban J connectivity index is 1.19. The van der Waals surface area contributed by atoms with Gasteiger partial charge in [-0.15, -0.1) is 11.3 Å². The standard InChI is InChI=1S/C29H38N6O2S/c30-15-16-31-27(37)29(13-3-1-4-14-29)33-26(36)23-9-7-22(8-10-23)25-21-38-28(32-25)35-19-11-24(12-20-35)34-17-5-2-6-18-34/h7-10,21,24H,1-6,11-14,16-20H2,(H,31,37)(H,33,36). The smallest absolute Gasteiger partial charge is 0.252 e. The van der Waals surface area contributed by atoms with Gasteiger partial charge in [-0.05, 0) is 63.7 Å². The third-order valence-electron chi connectivity index (χ3n) is 8.40. The maximum absolute atomic E-state index is 13.1. The first-order chi connectivity index (χ1) is 18.6.